The largest absolute Gasteiger partial charge is 0.384 e. The summed E-state index contributed by atoms with van der Waals surface area (Å²) in [4.78, 5) is 18.9. The molecule has 0 radical (unpaired) electrons. The minimum atomic E-state index is -0.399. The zero-order valence-electron chi connectivity index (χ0n) is 10.8. The zero-order chi connectivity index (χ0) is 14.3. The number of halogens is 1. The van der Waals surface area contributed by atoms with Crippen LogP contribution < -0.4 is 5.73 Å². The molecule has 5 heteroatoms. The van der Waals surface area contributed by atoms with Gasteiger partial charge < -0.3 is 10.7 Å². The van der Waals surface area contributed by atoms with Crippen molar-refractivity contribution in [1.82, 2.24) is 9.97 Å². The number of carbonyl (C=O) groups is 1. The van der Waals surface area contributed by atoms with Crippen LogP contribution in [0, 0.1) is 5.82 Å². The maximum atomic E-state index is 13.6. The van der Waals surface area contributed by atoms with E-state index in [1.54, 1.807) is 12.3 Å². The first-order valence-electron chi connectivity index (χ1n) is 6.11. The minimum absolute atomic E-state index is 0.126. The van der Waals surface area contributed by atoms with E-state index in [4.69, 9.17) is 5.73 Å². The molecule has 20 heavy (non-hydrogen) atoms. The Morgan fingerprint density at radius 2 is 2.05 bits per heavy atom. The highest BCUT2D eigenvalue weighted by molar-refractivity contribution is 6.05. The first-order chi connectivity index (χ1) is 9.56. The minimum Gasteiger partial charge on any atom is -0.384 e. The summed E-state index contributed by atoms with van der Waals surface area (Å²) in [5, 5.41) is 0.798. The number of H-pyrrole nitrogens is 1. The molecule has 0 saturated heterocycles. The number of benzene rings is 1. The number of anilines is 1. The fraction of sp³-hybridized carbons (Fsp3) is 0.0667. The Hall–Kier alpha value is -2.69. The van der Waals surface area contributed by atoms with Crippen molar-refractivity contribution in [1.29, 1.82) is 0 Å². The molecule has 4 nitrogen and oxygen atoms in total. The molecule has 0 aliphatic carbocycles. The summed E-state index contributed by atoms with van der Waals surface area (Å²) >= 11 is 0. The maximum absolute atomic E-state index is 13.6. The van der Waals surface area contributed by atoms with E-state index in [1.165, 1.54) is 25.1 Å². The van der Waals surface area contributed by atoms with E-state index in [-0.39, 0.29) is 5.78 Å². The van der Waals surface area contributed by atoms with Crippen LogP contribution in [-0.4, -0.2) is 15.8 Å². The summed E-state index contributed by atoms with van der Waals surface area (Å²) < 4.78 is 13.6. The summed E-state index contributed by atoms with van der Waals surface area (Å²) in [5.74, 6) is -0.211. The number of ketones is 1. The standard InChI is InChI=1S/C15H12FN3O/c1-8(20)10-3-2-9(16)6-12(10)13-7-14(17)19-15-11(13)4-5-18-15/h2-7H,1H3,(H3,17,18,19). The van der Waals surface area contributed by atoms with E-state index in [0.717, 1.165) is 5.39 Å². The number of nitrogens with two attached hydrogens (primary N) is 1. The summed E-state index contributed by atoms with van der Waals surface area (Å²) in [6.45, 7) is 1.45. The molecule has 3 N–H and O–H groups in total. The summed E-state index contributed by atoms with van der Waals surface area (Å²) in [6.07, 6.45) is 1.73. The van der Waals surface area contributed by atoms with E-state index in [2.05, 4.69) is 9.97 Å². The molecule has 0 unspecified atom stereocenters. The lowest BCUT2D eigenvalue weighted by Gasteiger charge is -2.09. The van der Waals surface area contributed by atoms with Gasteiger partial charge in [-0.1, -0.05) is 0 Å². The predicted molar refractivity (Wildman–Crippen MR) is 75.9 cm³/mol. The van der Waals surface area contributed by atoms with E-state index >= 15 is 0 Å². The Kier molecular flexibility index (Phi) is 2.75. The first-order valence-corrected chi connectivity index (χ1v) is 6.11. The third kappa shape index (κ3) is 1.93. The lowest BCUT2D eigenvalue weighted by atomic mass is 9.96. The SMILES string of the molecule is CC(=O)c1ccc(F)cc1-c1cc(N)nc2[nH]ccc12. The van der Waals surface area contributed by atoms with Gasteiger partial charge in [-0.3, -0.25) is 4.79 Å². The van der Waals surface area contributed by atoms with Crippen LogP contribution in [0.4, 0.5) is 10.2 Å². The number of nitrogens with one attached hydrogen (secondary N) is 1. The van der Waals surface area contributed by atoms with Crippen molar-refractivity contribution in [2.45, 2.75) is 6.92 Å². The quantitative estimate of drug-likeness (QED) is 0.702. The highest BCUT2D eigenvalue weighted by Gasteiger charge is 2.14. The molecule has 3 aromatic rings. The van der Waals surface area contributed by atoms with Crippen LogP contribution in [0.15, 0.2) is 36.5 Å². The number of carbonyl (C=O) groups excluding carboxylic acids is 1. The molecule has 0 amide bonds. The molecule has 2 aromatic heterocycles. The van der Waals surface area contributed by atoms with E-state index in [9.17, 15) is 9.18 Å². The van der Waals surface area contributed by atoms with Gasteiger partial charge in [0.05, 0.1) is 0 Å². The second kappa shape index (κ2) is 4.45. The summed E-state index contributed by atoms with van der Waals surface area (Å²) in [5.41, 5.74) is 8.06. The number of aromatic amines is 1. The Bertz CT molecular complexity index is 823. The number of pyridine rings is 1. The maximum Gasteiger partial charge on any atom is 0.160 e. The molecule has 2 heterocycles. The average molecular weight is 269 g/mol. The second-order valence-electron chi connectivity index (χ2n) is 4.58. The van der Waals surface area contributed by atoms with Crippen molar-refractivity contribution in [3.8, 4) is 11.1 Å². The van der Waals surface area contributed by atoms with Crippen LogP contribution in [0.1, 0.15) is 17.3 Å². The Morgan fingerprint density at radius 3 is 2.80 bits per heavy atom. The molecule has 0 aliphatic rings. The molecule has 3 rings (SSSR count). The van der Waals surface area contributed by atoms with Crippen molar-refractivity contribution < 1.29 is 9.18 Å². The monoisotopic (exact) mass is 269 g/mol. The Balaban J connectivity index is 2.38. The van der Waals surface area contributed by atoms with Gasteiger partial charge in [0.15, 0.2) is 5.78 Å². The fourth-order valence-electron chi connectivity index (χ4n) is 2.33. The molecule has 0 aliphatic heterocycles. The molecule has 0 saturated carbocycles. The van der Waals surface area contributed by atoms with Crippen molar-refractivity contribution in [2.75, 3.05) is 5.73 Å². The Labute approximate surface area is 114 Å². The molecule has 0 bridgehead atoms. The van der Waals surface area contributed by atoms with E-state index in [0.29, 0.717) is 28.2 Å². The zero-order valence-corrected chi connectivity index (χ0v) is 10.8. The smallest absolute Gasteiger partial charge is 0.160 e. The third-order valence-electron chi connectivity index (χ3n) is 3.20. The Morgan fingerprint density at radius 1 is 1.25 bits per heavy atom. The normalized spacial score (nSPS) is 10.9. The van der Waals surface area contributed by atoms with Crippen molar-refractivity contribution >= 4 is 22.6 Å². The third-order valence-corrected chi connectivity index (χ3v) is 3.20. The molecule has 0 spiro atoms. The number of hydrogen-bond acceptors (Lipinski definition) is 3. The van der Waals surface area contributed by atoms with Gasteiger partial charge in [-0.15, -0.1) is 0 Å². The number of nitrogens with zero attached hydrogens (tertiary/aromatic N) is 1. The molecular formula is C15H12FN3O. The number of Topliss-reactive ketones (excluding diaryl/α,β-unsaturated/α-hetero) is 1. The highest BCUT2D eigenvalue weighted by atomic mass is 19.1. The van der Waals surface area contributed by atoms with Crippen LogP contribution in [0.5, 0.6) is 0 Å². The van der Waals surface area contributed by atoms with Gasteiger partial charge in [-0.25, -0.2) is 9.37 Å². The lowest BCUT2D eigenvalue weighted by Crippen LogP contribution is -1.99. The van der Waals surface area contributed by atoms with Gasteiger partial charge >= 0.3 is 0 Å². The number of fused-ring (bicyclic) bond motifs is 1. The van der Waals surface area contributed by atoms with Crippen molar-refractivity contribution in [3.63, 3.8) is 0 Å². The topological polar surface area (TPSA) is 71.8 Å². The van der Waals surface area contributed by atoms with Crippen molar-refractivity contribution in [2.24, 2.45) is 0 Å². The molecule has 0 atom stereocenters. The first kappa shape index (κ1) is 12.3. The van der Waals surface area contributed by atoms with Gasteiger partial charge in [0.2, 0.25) is 0 Å². The predicted octanol–water partition coefficient (Wildman–Crippen LogP) is 3.15. The number of rotatable bonds is 2. The van der Waals surface area contributed by atoms with Gasteiger partial charge in [0.1, 0.15) is 17.3 Å². The van der Waals surface area contributed by atoms with Crippen LogP contribution >= 0.6 is 0 Å². The molecule has 100 valence electrons. The summed E-state index contributed by atoms with van der Waals surface area (Å²) in [6, 6.07) is 7.59. The lowest BCUT2D eigenvalue weighted by molar-refractivity contribution is 0.101. The highest BCUT2D eigenvalue weighted by Crippen LogP contribution is 2.32. The average Bonchev–Trinajstić information content (AvgIpc) is 2.85. The van der Waals surface area contributed by atoms with Crippen LogP contribution in [-0.2, 0) is 0 Å². The van der Waals surface area contributed by atoms with Gasteiger partial charge in [-0.05, 0) is 48.4 Å². The van der Waals surface area contributed by atoms with Gasteiger partial charge in [0, 0.05) is 17.1 Å². The number of aromatic nitrogens is 2. The van der Waals surface area contributed by atoms with E-state index in [1.807, 2.05) is 6.07 Å². The summed E-state index contributed by atoms with van der Waals surface area (Å²) in [7, 11) is 0. The number of nitrogen functional groups attached to an aromatic ring is 1. The molecule has 0 fully saturated rings. The molecular weight excluding hydrogens is 257 g/mol. The van der Waals surface area contributed by atoms with E-state index < -0.39 is 5.82 Å². The fourth-order valence-corrected chi connectivity index (χ4v) is 2.33. The molecule has 1 aromatic carbocycles. The van der Waals surface area contributed by atoms with Crippen LogP contribution in [0.3, 0.4) is 0 Å². The van der Waals surface area contributed by atoms with Crippen LogP contribution in [0.2, 0.25) is 0 Å². The second-order valence-corrected chi connectivity index (χ2v) is 4.58. The van der Waals surface area contributed by atoms with Gasteiger partial charge in [0.25, 0.3) is 0 Å². The van der Waals surface area contributed by atoms with Crippen LogP contribution in [0.25, 0.3) is 22.2 Å². The van der Waals surface area contributed by atoms with Gasteiger partial charge in [-0.2, -0.15) is 0 Å². The number of hydrogen-bond donors (Lipinski definition) is 2. The van der Waals surface area contributed by atoms with Crippen molar-refractivity contribution in [3.05, 3.63) is 47.9 Å².